The molecule has 0 spiro atoms. The lowest BCUT2D eigenvalue weighted by Crippen LogP contribution is -2.14. The molecule has 0 saturated heterocycles. The summed E-state index contributed by atoms with van der Waals surface area (Å²) in [5.41, 5.74) is 1.19. The fourth-order valence-corrected chi connectivity index (χ4v) is 2.92. The molecule has 96 valence electrons. The van der Waals surface area contributed by atoms with Crippen molar-refractivity contribution in [3.63, 3.8) is 0 Å². The highest BCUT2D eigenvalue weighted by Gasteiger charge is 2.08. The largest absolute Gasteiger partial charge is 0.489 e. The van der Waals surface area contributed by atoms with E-state index in [-0.39, 0.29) is 6.61 Å². The average Bonchev–Trinajstić information content (AvgIpc) is 2.28. The van der Waals surface area contributed by atoms with E-state index in [2.05, 4.69) is 44.1 Å². The van der Waals surface area contributed by atoms with Crippen LogP contribution in [0.5, 0.6) is 5.75 Å². The second-order valence-electron chi connectivity index (χ2n) is 3.64. The number of hydrogen-bond donors (Lipinski definition) is 2. The zero-order valence-electron chi connectivity index (χ0n) is 9.80. The second kappa shape index (κ2) is 8.08. The molecule has 0 bridgehead atoms. The summed E-state index contributed by atoms with van der Waals surface area (Å²) in [6.07, 6.45) is 1.13. The maximum absolute atomic E-state index is 8.74. The van der Waals surface area contributed by atoms with Crippen molar-refractivity contribution >= 4 is 31.9 Å². The molecule has 0 heterocycles. The third-order valence-corrected chi connectivity index (χ3v) is 3.33. The Morgan fingerprint density at radius 1 is 1.29 bits per heavy atom. The Labute approximate surface area is 119 Å². The van der Waals surface area contributed by atoms with Gasteiger partial charge in [0, 0.05) is 6.54 Å². The van der Waals surface area contributed by atoms with E-state index in [1.165, 1.54) is 5.56 Å². The third-order valence-electron chi connectivity index (χ3n) is 2.15. The monoisotopic (exact) mass is 365 g/mol. The predicted octanol–water partition coefficient (Wildman–Crippen LogP) is 3.08. The fourth-order valence-electron chi connectivity index (χ4n) is 1.41. The minimum absolute atomic E-state index is 0.0126. The van der Waals surface area contributed by atoms with Gasteiger partial charge in [-0.05, 0) is 62.5 Å². The summed E-state index contributed by atoms with van der Waals surface area (Å²) < 4.78 is 7.23. The summed E-state index contributed by atoms with van der Waals surface area (Å²) in [5, 5.41) is 12.1. The molecule has 0 aliphatic rings. The van der Waals surface area contributed by atoms with E-state index in [1.807, 2.05) is 12.1 Å². The predicted molar refractivity (Wildman–Crippen MR) is 76.4 cm³/mol. The summed E-state index contributed by atoms with van der Waals surface area (Å²) >= 11 is 6.95. The summed E-state index contributed by atoms with van der Waals surface area (Å²) in [6, 6.07) is 4.06. The fraction of sp³-hybridized carbons (Fsp3) is 0.500. The summed E-state index contributed by atoms with van der Waals surface area (Å²) in [4.78, 5) is 0. The number of aliphatic hydroxyl groups is 1. The van der Waals surface area contributed by atoms with Crippen molar-refractivity contribution in [1.82, 2.24) is 5.32 Å². The smallest absolute Gasteiger partial charge is 0.147 e. The topological polar surface area (TPSA) is 41.5 Å². The highest BCUT2D eigenvalue weighted by atomic mass is 79.9. The van der Waals surface area contributed by atoms with Crippen LogP contribution >= 0.6 is 31.9 Å². The maximum atomic E-state index is 8.74. The quantitative estimate of drug-likeness (QED) is 0.728. The van der Waals surface area contributed by atoms with Gasteiger partial charge in [-0.1, -0.05) is 6.92 Å². The van der Waals surface area contributed by atoms with Gasteiger partial charge in [0.2, 0.25) is 0 Å². The Morgan fingerprint density at radius 2 is 1.94 bits per heavy atom. The molecule has 0 atom stereocenters. The number of ether oxygens (including phenoxy) is 1. The molecule has 0 radical (unpaired) electrons. The molecule has 3 nitrogen and oxygen atoms in total. The van der Waals surface area contributed by atoms with Gasteiger partial charge in [0.25, 0.3) is 0 Å². The first kappa shape index (κ1) is 15.0. The number of nitrogens with one attached hydrogen (secondary N) is 1. The van der Waals surface area contributed by atoms with Crippen LogP contribution in [0, 0.1) is 0 Å². The molecule has 1 aromatic rings. The van der Waals surface area contributed by atoms with E-state index in [9.17, 15) is 0 Å². The van der Waals surface area contributed by atoms with Crippen LogP contribution in [0.2, 0.25) is 0 Å². The molecule has 0 amide bonds. The molecule has 2 N–H and O–H groups in total. The number of halogens is 2. The van der Waals surface area contributed by atoms with Gasteiger partial charge in [0.1, 0.15) is 12.4 Å². The number of hydrogen-bond acceptors (Lipinski definition) is 3. The zero-order valence-corrected chi connectivity index (χ0v) is 13.0. The van der Waals surface area contributed by atoms with E-state index < -0.39 is 0 Å². The minimum atomic E-state index is 0.0126. The van der Waals surface area contributed by atoms with E-state index in [4.69, 9.17) is 9.84 Å². The van der Waals surface area contributed by atoms with E-state index in [1.54, 1.807) is 0 Å². The molecule has 0 unspecified atom stereocenters. The standard InChI is InChI=1S/C12H17Br2NO2/c1-2-3-15-8-9-6-10(13)12(11(14)7-9)17-5-4-16/h6-7,15-16H,2-5,8H2,1H3. The molecule has 17 heavy (non-hydrogen) atoms. The van der Waals surface area contributed by atoms with Crippen LogP contribution in [0.25, 0.3) is 0 Å². The molecule has 5 heteroatoms. The summed E-state index contributed by atoms with van der Waals surface area (Å²) in [7, 11) is 0. The molecule has 0 aliphatic carbocycles. The maximum Gasteiger partial charge on any atom is 0.147 e. The summed E-state index contributed by atoms with van der Waals surface area (Å²) in [5.74, 6) is 0.735. The van der Waals surface area contributed by atoms with E-state index in [0.29, 0.717) is 6.61 Å². The van der Waals surface area contributed by atoms with Crippen LogP contribution in [0.4, 0.5) is 0 Å². The number of aliphatic hydroxyl groups excluding tert-OH is 1. The van der Waals surface area contributed by atoms with Crippen molar-refractivity contribution in [2.75, 3.05) is 19.8 Å². The van der Waals surface area contributed by atoms with Gasteiger partial charge in [-0.3, -0.25) is 0 Å². The zero-order chi connectivity index (χ0) is 12.7. The van der Waals surface area contributed by atoms with Gasteiger partial charge in [0.15, 0.2) is 0 Å². The van der Waals surface area contributed by atoms with Crippen LogP contribution in [0.15, 0.2) is 21.1 Å². The molecule has 1 rings (SSSR count). The second-order valence-corrected chi connectivity index (χ2v) is 5.35. The Kier molecular flexibility index (Phi) is 7.11. The Bertz CT molecular complexity index is 335. The number of benzene rings is 1. The molecule has 0 aromatic heterocycles. The molecule has 0 aliphatic heterocycles. The lowest BCUT2D eigenvalue weighted by Gasteiger charge is -2.11. The van der Waals surface area contributed by atoms with Gasteiger partial charge in [-0.15, -0.1) is 0 Å². The molecule has 0 fully saturated rings. The third kappa shape index (κ3) is 4.95. The minimum Gasteiger partial charge on any atom is -0.489 e. The first-order chi connectivity index (χ1) is 8.19. The normalized spacial score (nSPS) is 10.6. The SMILES string of the molecule is CCCNCc1cc(Br)c(OCCO)c(Br)c1. The van der Waals surface area contributed by atoms with Crippen LogP contribution in [0.3, 0.4) is 0 Å². The van der Waals surface area contributed by atoms with Crippen LogP contribution in [-0.2, 0) is 6.54 Å². The van der Waals surface area contributed by atoms with Crippen LogP contribution < -0.4 is 10.1 Å². The number of rotatable bonds is 7. The van der Waals surface area contributed by atoms with Gasteiger partial charge in [-0.25, -0.2) is 0 Å². The van der Waals surface area contributed by atoms with Crippen molar-refractivity contribution in [3.8, 4) is 5.75 Å². The van der Waals surface area contributed by atoms with Crippen molar-refractivity contribution in [3.05, 3.63) is 26.6 Å². The van der Waals surface area contributed by atoms with Crippen molar-refractivity contribution in [2.24, 2.45) is 0 Å². The first-order valence-electron chi connectivity index (χ1n) is 5.61. The van der Waals surface area contributed by atoms with Gasteiger partial charge >= 0.3 is 0 Å². The van der Waals surface area contributed by atoms with E-state index in [0.717, 1.165) is 34.2 Å². The Balaban J connectivity index is 2.71. The van der Waals surface area contributed by atoms with Crippen LogP contribution in [0.1, 0.15) is 18.9 Å². The van der Waals surface area contributed by atoms with Gasteiger partial charge < -0.3 is 15.2 Å². The highest BCUT2D eigenvalue weighted by Crippen LogP contribution is 2.34. The van der Waals surface area contributed by atoms with Crippen LogP contribution in [-0.4, -0.2) is 24.9 Å². The summed E-state index contributed by atoms with van der Waals surface area (Å²) in [6.45, 7) is 4.30. The lowest BCUT2D eigenvalue weighted by atomic mass is 10.2. The average molecular weight is 367 g/mol. The van der Waals surface area contributed by atoms with Crippen molar-refractivity contribution in [2.45, 2.75) is 19.9 Å². The lowest BCUT2D eigenvalue weighted by molar-refractivity contribution is 0.200. The van der Waals surface area contributed by atoms with Gasteiger partial charge in [0.05, 0.1) is 15.6 Å². The Hall–Kier alpha value is -0.100. The molecular formula is C12H17Br2NO2. The molecule has 1 aromatic carbocycles. The highest BCUT2D eigenvalue weighted by molar-refractivity contribution is 9.11. The van der Waals surface area contributed by atoms with Crippen molar-refractivity contribution < 1.29 is 9.84 Å². The van der Waals surface area contributed by atoms with E-state index >= 15 is 0 Å². The first-order valence-corrected chi connectivity index (χ1v) is 7.20. The van der Waals surface area contributed by atoms with Crippen molar-refractivity contribution in [1.29, 1.82) is 0 Å². The Morgan fingerprint density at radius 3 is 2.47 bits per heavy atom. The van der Waals surface area contributed by atoms with Gasteiger partial charge in [-0.2, -0.15) is 0 Å². The molecular weight excluding hydrogens is 350 g/mol. The molecule has 0 saturated carbocycles.